The van der Waals surface area contributed by atoms with Crippen LogP contribution in [0.4, 0.5) is 0 Å². The number of carboxylic acid groups (broad SMARTS) is 1. The van der Waals surface area contributed by atoms with Crippen LogP contribution in [0.15, 0.2) is 6.20 Å². The second-order valence-corrected chi connectivity index (χ2v) is 4.66. The van der Waals surface area contributed by atoms with Crippen LogP contribution in [0.1, 0.15) is 23.3 Å². The average molecular weight is 267 g/mol. The van der Waals surface area contributed by atoms with Crippen LogP contribution in [-0.2, 0) is 11.3 Å². The summed E-state index contributed by atoms with van der Waals surface area (Å²) in [5.74, 6) is -0.995. The number of carboxylic acids is 1. The van der Waals surface area contributed by atoms with Gasteiger partial charge in [0.25, 0.3) is 5.91 Å². The van der Waals surface area contributed by atoms with Crippen molar-refractivity contribution < 1.29 is 14.7 Å². The number of carbonyl (C=O) groups is 2. The average Bonchev–Trinajstić information content (AvgIpc) is 2.97. The van der Waals surface area contributed by atoms with Gasteiger partial charge in [-0.05, 0) is 12.3 Å². The molecule has 0 saturated carbocycles. The van der Waals surface area contributed by atoms with E-state index in [0.29, 0.717) is 26.2 Å². The van der Waals surface area contributed by atoms with E-state index in [1.807, 2.05) is 0 Å². The van der Waals surface area contributed by atoms with Gasteiger partial charge in [-0.2, -0.15) is 0 Å². The molecule has 19 heavy (non-hydrogen) atoms. The summed E-state index contributed by atoms with van der Waals surface area (Å²) in [6, 6.07) is 0. The molecule has 2 heterocycles. The zero-order valence-corrected chi connectivity index (χ0v) is 10.5. The predicted molar refractivity (Wildman–Crippen MR) is 65.3 cm³/mol. The largest absolute Gasteiger partial charge is 0.481 e. The fourth-order valence-electron chi connectivity index (χ4n) is 2.23. The van der Waals surface area contributed by atoms with Crippen molar-refractivity contribution in [3.8, 4) is 0 Å². The topological polar surface area (TPSA) is 114 Å². The molecule has 1 aromatic rings. The summed E-state index contributed by atoms with van der Waals surface area (Å²) in [5.41, 5.74) is 5.67. The normalized spacial score (nSPS) is 18.8. The molecule has 0 aliphatic carbocycles. The second-order valence-electron chi connectivity index (χ2n) is 4.66. The minimum atomic E-state index is -0.826. The Labute approximate surface area is 110 Å². The lowest BCUT2D eigenvalue weighted by atomic mass is 10.1. The molecule has 1 amide bonds. The highest BCUT2D eigenvalue weighted by atomic mass is 16.4. The fourth-order valence-corrected chi connectivity index (χ4v) is 2.23. The molecule has 0 spiro atoms. The Morgan fingerprint density at radius 1 is 1.53 bits per heavy atom. The lowest BCUT2D eigenvalue weighted by Gasteiger charge is -2.14. The van der Waals surface area contributed by atoms with E-state index in [-0.39, 0.29) is 23.9 Å². The van der Waals surface area contributed by atoms with Crippen molar-refractivity contribution in [2.45, 2.75) is 19.4 Å². The highest BCUT2D eigenvalue weighted by molar-refractivity contribution is 5.92. The number of aromatic nitrogens is 3. The van der Waals surface area contributed by atoms with Crippen molar-refractivity contribution in [1.29, 1.82) is 0 Å². The van der Waals surface area contributed by atoms with E-state index in [2.05, 4.69) is 10.3 Å². The standard InChI is InChI=1S/C11H17N5O3/c12-2-4-16-7-9(13-14-16)11(19)15-3-1-8(6-15)5-10(17)18/h7-8H,1-6,12H2,(H,17,18). The van der Waals surface area contributed by atoms with Gasteiger partial charge in [0.15, 0.2) is 5.69 Å². The summed E-state index contributed by atoms with van der Waals surface area (Å²) >= 11 is 0. The van der Waals surface area contributed by atoms with Crippen molar-refractivity contribution in [2.24, 2.45) is 11.7 Å². The van der Waals surface area contributed by atoms with Crippen LogP contribution >= 0.6 is 0 Å². The summed E-state index contributed by atoms with van der Waals surface area (Å²) in [6.45, 7) is 1.98. The maximum atomic E-state index is 12.1. The molecule has 8 heteroatoms. The maximum Gasteiger partial charge on any atom is 0.303 e. The first kappa shape index (κ1) is 13.5. The molecule has 8 nitrogen and oxygen atoms in total. The van der Waals surface area contributed by atoms with Gasteiger partial charge >= 0.3 is 5.97 Å². The van der Waals surface area contributed by atoms with Crippen LogP contribution in [0.2, 0.25) is 0 Å². The van der Waals surface area contributed by atoms with Gasteiger partial charge in [0.2, 0.25) is 0 Å². The van der Waals surface area contributed by atoms with Crippen LogP contribution in [0.3, 0.4) is 0 Å². The monoisotopic (exact) mass is 267 g/mol. The van der Waals surface area contributed by atoms with E-state index in [4.69, 9.17) is 10.8 Å². The van der Waals surface area contributed by atoms with E-state index in [0.717, 1.165) is 6.42 Å². The molecule has 2 rings (SSSR count). The summed E-state index contributed by atoms with van der Waals surface area (Å²) in [5, 5.41) is 16.4. The van der Waals surface area contributed by atoms with Gasteiger partial charge in [-0.3, -0.25) is 14.3 Å². The summed E-state index contributed by atoms with van der Waals surface area (Å²) < 4.78 is 1.53. The van der Waals surface area contributed by atoms with Crippen molar-refractivity contribution in [3.05, 3.63) is 11.9 Å². The van der Waals surface area contributed by atoms with Crippen molar-refractivity contribution in [2.75, 3.05) is 19.6 Å². The van der Waals surface area contributed by atoms with Crippen LogP contribution in [0.25, 0.3) is 0 Å². The van der Waals surface area contributed by atoms with Crippen molar-refractivity contribution in [1.82, 2.24) is 19.9 Å². The molecule has 3 N–H and O–H groups in total. The quantitative estimate of drug-likeness (QED) is 0.720. The first-order chi connectivity index (χ1) is 9.10. The Balaban J connectivity index is 1.94. The summed E-state index contributed by atoms with van der Waals surface area (Å²) in [4.78, 5) is 24.4. The molecule has 1 unspecified atom stereocenters. The predicted octanol–water partition coefficient (Wildman–Crippen LogP) is -0.826. The highest BCUT2D eigenvalue weighted by Crippen LogP contribution is 2.20. The summed E-state index contributed by atoms with van der Waals surface area (Å²) in [6.07, 6.45) is 2.39. The smallest absolute Gasteiger partial charge is 0.303 e. The first-order valence-electron chi connectivity index (χ1n) is 6.21. The van der Waals surface area contributed by atoms with E-state index in [9.17, 15) is 9.59 Å². The van der Waals surface area contributed by atoms with E-state index < -0.39 is 5.97 Å². The Kier molecular flexibility index (Phi) is 4.10. The number of carbonyl (C=O) groups excluding carboxylic acids is 1. The Morgan fingerprint density at radius 3 is 3.00 bits per heavy atom. The lowest BCUT2D eigenvalue weighted by molar-refractivity contribution is -0.138. The van der Waals surface area contributed by atoms with Gasteiger partial charge in [-0.25, -0.2) is 0 Å². The third-order valence-electron chi connectivity index (χ3n) is 3.15. The third kappa shape index (κ3) is 3.28. The second kappa shape index (κ2) is 5.79. The van der Waals surface area contributed by atoms with Crippen molar-refractivity contribution >= 4 is 11.9 Å². The number of amides is 1. The number of likely N-dealkylation sites (tertiary alicyclic amines) is 1. The van der Waals surface area contributed by atoms with Gasteiger partial charge in [-0.15, -0.1) is 5.10 Å². The number of rotatable bonds is 5. The van der Waals surface area contributed by atoms with E-state index in [1.165, 1.54) is 4.68 Å². The number of hydrogen-bond donors (Lipinski definition) is 2. The number of nitrogens with two attached hydrogens (primary N) is 1. The van der Waals surface area contributed by atoms with Gasteiger partial charge in [0.1, 0.15) is 0 Å². The third-order valence-corrected chi connectivity index (χ3v) is 3.15. The summed E-state index contributed by atoms with van der Waals surface area (Å²) in [7, 11) is 0. The minimum absolute atomic E-state index is 0.0283. The molecule has 0 aromatic carbocycles. The highest BCUT2D eigenvalue weighted by Gasteiger charge is 2.29. The molecule has 0 radical (unpaired) electrons. The molecule has 104 valence electrons. The van der Waals surface area contributed by atoms with Crippen LogP contribution in [0, 0.1) is 5.92 Å². The van der Waals surface area contributed by atoms with Crippen LogP contribution in [0.5, 0.6) is 0 Å². The van der Waals surface area contributed by atoms with E-state index >= 15 is 0 Å². The van der Waals surface area contributed by atoms with Gasteiger partial charge < -0.3 is 15.7 Å². The Morgan fingerprint density at radius 2 is 2.32 bits per heavy atom. The molecule has 0 bridgehead atoms. The SMILES string of the molecule is NCCn1cc(C(=O)N2CCC(CC(=O)O)C2)nn1. The zero-order valence-electron chi connectivity index (χ0n) is 10.5. The molecule has 1 aliphatic rings. The molecule has 1 fully saturated rings. The lowest BCUT2D eigenvalue weighted by Crippen LogP contribution is -2.29. The van der Waals surface area contributed by atoms with Gasteiger partial charge in [0, 0.05) is 26.1 Å². The number of aliphatic carboxylic acids is 1. The Bertz CT molecular complexity index is 473. The van der Waals surface area contributed by atoms with Crippen molar-refractivity contribution in [3.63, 3.8) is 0 Å². The van der Waals surface area contributed by atoms with E-state index in [1.54, 1.807) is 11.1 Å². The fraction of sp³-hybridized carbons (Fsp3) is 0.636. The maximum absolute atomic E-state index is 12.1. The van der Waals surface area contributed by atoms with Gasteiger partial charge in [0.05, 0.1) is 12.7 Å². The number of hydrogen-bond acceptors (Lipinski definition) is 5. The molecule has 1 aliphatic heterocycles. The molecular weight excluding hydrogens is 250 g/mol. The molecule has 1 aromatic heterocycles. The van der Waals surface area contributed by atoms with Crippen LogP contribution in [-0.4, -0.2) is 56.5 Å². The molecule has 1 atom stereocenters. The molecule has 1 saturated heterocycles. The first-order valence-corrected chi connectivity index (χ1v) is 6.21. The minimum Gasteiger partial charge on any atom is -0.481 e. The Hall–Kier alpha value is -1.96. The molecular formula is C11H17N5O3. The zero-order chi connectivity index (χ0) is 13.8. The number of nitrogens with zero attached hydrogens (tertiary/aromatic N) is 4. The van der Waals surface area contributed by atoms with Crippen LogP contribution < -0.4 is 5.73 Å². The van der Waals surface area contributed by atoms with Gasteiger partial charge in [-0.1, -0.05) is 5.21 Å².